The van der Waals surface area contributed by atoms with Gasteiger partial charge >= 0.3 is 0 Å². The third kappa shape index (κ3) is 4.77. The second kappa shape index (κ2) is 8.26. The number of hydrogen-bond donors (Lipinski definition) is 1. The van der Waals surface area contributed by atoms with Crippen LogP contribution in [-0.4, -0.2) is 72.9 Å². The van der Waals surface area contributed by atoms with E-state index in [0.717, 1.165) is 32.0 Å². The molecule has 0 unspecified atom stereocenters. The zero-order chi connectivity index (χ0) is 21.3. The summed E-state index contributed by atoms with van der Waals surface area (Å²) in [7, 11) is -3.06. The molecule has 0 spiro atoms. The Morgan fingerprint density at radius 2 is 1.90 bits per heavy atom. The second-order valence-corrected chi connectivity index (χ2v) is 12.2. The molecule has 29 heavy (non-hydrogen) atoms. The highest BCUT2D eigenvalue weighted by molar-refractivity contribution is 7.92. The molecular weight excluding hydrogens is 384 g/mol. The molecule has 1 aromatic rings. The highest BCUT2D eigenvalue weighted by atomic mass is 32.2. The number of guanidine groups is 1. The Morgan fingerprint density at radius 3 is 2.55 bits per heavy atom. The maximum absolute atomic E-state index is 12.4. The van der Waals surface area contributed by atoms with E-state index in [4.69, 9.17) is 4.99 Å². The van der Waals surface area contributed by atoms with Gasteiger partial charge in [-0.15, -0.1) is 0 Å². The van der Waals surface area contributed by atoms with Crippen LogP contribution in [0, 0.1) is 0 Å². The van der Waals surface area contributed by atoms with Crippen molar-refractivity contribution in [3.8, 4) is 0 Å². The minimum absolute atomic E-state index is 0.0778. The topological polar surface area (TPSA) is 65.0 Å². The summed E-state index contributed by atoms with van der Waals surface area (Å²) in [4.78, 5) is 9.56. The minimum atomic E-state index is -3.06. The summed E-state index contributed by atoms with van der Waals surface area (Å²) in [6.07, 6.45) is 1.07. The van der Waals surface area contributed by atoms with Crippen molar-refractivity contribution in [2.24, 2.45) is 4.99 Å². The van der Waals surface area contributed by atoms with E-state index < -0.39 is 14.6 Å². The fourth-order valence-corrected chi connectivity index (χ4v) is 5.50. The van der Waals surface area contributed by atoms with Gasteiger partial charge in [-0.2, -0.15) is 0 Å². The number of rotatable bonds is 4. The largest absolute Gasteiger partial charge is 0.357 e. The molecule has 0 bridgehead atoms. The average Bonchev–Trinajstić information content (AvgIpc) is 2.67. The fraction of sp³-hybridized carbons (Fsp3) is 0.682. The number of nitrogens with zero attached hydrogens (tertiary/aromatic N) is 3. The molecule has 6 nitrogen and oxygen atoms in total. The van der Waals surface area contributed by atoms with Crippen LogP contribution in [0.25, 0.3) is 0 Å². The van der Waals surface area contributed by atoms with Gasteiger partial charge in [-0.05, 0) is 52.2 Å². The summed E-state index contributed by atoms with van der Waals surface area (Å²) < 4.78 is 24.0. The zero-order valence-electron chi connectivity index (χ0n) is 18.5. The van der Waals surface area contributed by atoms with Crippen molar-refractivity contribution in [2.45, 2.75) is 57.9 Å². The van der Waals surface area contributed by atoms with Gasteiger partial charge in [0.05, 0.1) is 17.0 Å². The number of sulfone groups is 1. The van der Waals surface area contributed by atoms with Crippen molar-refractivity contribution in [3.05, 3.63) is 35.4 Å². The normalized spacial score (nSPS) is 22.2. The quantitative estimate of drug-likeness (QED) is 0.598. The third-order valence-electron chi connectivity index (χ3n) is 6.28. The van der Waals surface area contributed by atoms with Crippen LogP contribution in [0.2, 0.25) is 0 Å². The van der Waals surface area contributed by atoms with Crippen LogP contribution in [-0.2, 0) is 22.8 Å². The van der Waals surface area contributed by atoms with Crippen molar-refractivity contribution in [1.82, 2.24) is 15.1 Å². The molecule has 1 N–H and O–H groups in total. The monoisotopic (exact) mass is 420 g/mol. The predicted molar refractivity (Wildman–Crippen MR) is 120 cm³/mol. The molecule has 1 aromatic carbocycles. The molecule has 1 fully saturated rings. The van der Waals surface area contributed by atoms with Gasteiger partial charge in [0, 0.05) is 38.3 Å². The predicted octanol–water partition coefficient (Wildman–Crippen LogP) is 2.30. The van der Waals surface area contributed by atoms with Crippen molar-refractivity contribution < 1.29 is 8.42 Å². The first-order chi connectivity index (χ1) is 13.6. The molecule has 0 aliphatic carbocycles. The summed E-state index contributed by atoms with van der Waals surface area (Å²) in [6.45, 7) is 14.6. The van der Waals surface area contributed by atoms with Crippen LogP contribution in [0.1, 0.15) is 45.7 Å². The Balaban J connectivity index is 1.73. The number of nitrogens with one attached hydrogen (secondary N) is 1. The summed E-state index contributed by atoms with van der Waals surface area (Å²) in [5, 5.41) is 3.37. The van der Waals surface area contributed by atoms with Gasteiger partial charge in [0.2, 0.25) is 0 Å². The van der Waals surface area contributed by atoms with Crippen LogP contribution in [0.4, 0.5) is 0 Å². The number of hydrogen-bond acceptors (Lipinski definition) is 4. The molecule has 1 saturated heterocycles. The van der Waals surface area contributed by atoms with Crippen LogP contribution in [0.5, 0.6) is 0 Å². The van der Waals surface area contributed by atoms with Crippen LogP contribution >= 0.6 is 0 Å². The van der Waals surface area contributed by atoms with Gasteiger partial charge in [0.1, 0.15) is 0 Å². The van der Waals surface area contributed by atoms with Crippen molar-refractivity contribution in [2.75, 3.05) is 38.5 Å². The molecule has 162 valence electrons. The summed E-state index contributed by atoms with van der Waals surface area (Å²) in [5.41, 5.74) is 2.78. The molecule has 2 aliphatic heterocycles. The van der Waals surface area contributed by atoms with Crippen LogP contribution in [0.3, 0.4) is 0 Å². The highest BCUT2D eigenvalue weighted by Gasteiger charge is 2.41. The standard InChI is InChI=1S/C22H36N4O2S/c1-6-23-20(25-13-14-29(27,28)22(4,5)17-25)24-16-21(2,3)26-12-11-18-9-7-8-10-19(18)15-26/h7-10H,6,11-17H2,1-5H3,(H,23,24). The third-order valence-corrected chi connectivity index (χ3v) is 8.81. The Kier molecular flexibility index (Phi) is 6.30. The van der Waals surface area contributed by atoms with Crippen molar-refractivity contribution >= 4 is 15.8 Å². The van der Waals surface area contributed by atoms with E-state index in [2.05, 4.69) is 53.2 Å². The SMILES string of the molecule is CCNC(=NCC(C)(C)N1CCc2ccccc2C1)N1CCS(=O)(=O)C(C)(C)C1. The van der Waals surface area contributed by atoms with E-state index in [0.29, 0.717) is 19.6 Å². The molecule has 2 aliphatic rings. The lowest BCUT2D eigenvalue weighted by atomic mass is 9.94. The summed E-state index contributed by atoms with van der Waals surface area (Å²) >= 11 is 0. The first kappa shape index (κ1) is 22.1. The smallest absolute Gasteiger partial charge is 0.194 e. The maximum atomic E-state index is 12.4. The van der Waals surface area contributed by atoms with Gasteiger partial charge in [-0.1, -0.05) is 24.3 Å². The Bertz CT molecular complexity index is 861. The van der Waals surface area contributed by atoms with E-state index in [9.17, 15) is 8.42 Å². The van der Waals surface area contributed by atoms with E-state index in [-0.39, 0.29) is 11.3 Å². The molecule has 0 atom stereocenters. The van der Waals surface area contributed by atoms with Gasteiger partial charge < -0.3 is 10.2 Å². The molecule has 0 amide bonds. The number of fused-ring (bicyclic) bond motifs is 1. The van der Waals surface area contributed by atoms with Crippen LogP contribution in [0.15, 0.2) is 29.3 Å². The van der Waals surface area contributed by atoms with Crippen LogP contribution < -0.4 is 5.32 Å². The lowest BCUT2D eigenvalue weighted by Crippen LogP contribution is -2.57. The minimum Gasteiger partial charge on any atom is -0.357 e. The lowest BCUT2D eigenvalue weighted by molar-refractivity contribution is 0.111. The average molecular weight is 421 g/mol. The summed E-state index contributed by atoms with van der Waals surface area (Å²) in [5.74, 6) is 0.998. The molecule has 0 saturated carbocycles. The highest BCUT2D eigenvalue weighted by Crippen LogP contribution is 2.26. The number of benzene rings is 1. The van der Waals surface area contributed by atoms with E-state index in [1.165, 1.54) is 11.1 Å². The Hall–Kier alpha value is -1.60. The van der Waals surface area contributed by atoms with Gasteiger partial charge in [0.25, 0.3) is 0 Å². The molecule has 3 rings (SSSR count). The molecular formula is C22H36N4O2S. The first-order valence-corrected chi connectivity index (χ1v) is 12.3. The number of aliphatic imine (C=N–C) groups is 1. The second-order valence-electron chi connectivity index (χ2n) is 9.42. The first-order valence-electron chi connectivity index (χ1n) is 10.6. The van der Waals surface area contributed by atoms with Gasteiger partial charge in [-0.25, -0.2) is 8.42 Å². The Morgan fingerprint density at radius 1 is 1.21 bits per heavy atom. The van der Waals surface area contributed by atoms with Crippen molar-refractivity contribution in [3.63, 3.8) is 0 Å². The molecule has 2 heterocycles. The van der Waals surface area contributed by atoms with Crippen molar-refractivity contribution in [1.29, 1.82) is 0 Å². The Labute approximate surface area is 176 Å². The molecule has 7 heteroatoms. The van der Waals surface area contributed by atoms with E-state index >= 15 is 0 Å². The van der Waals surface area contributed by atoms with E-state index in [1.54, 1.807) is 0 Å². The summed E-state index contributed by atoms with van der Waals surface area (Å²) in [6, 6.07) is 8.68. The van der Waals surface area contributed by atoms with Gasteiger partial charge in [-0.3, -0.25) is 9.89 Å². The maximum Gasteiger partial charge on any atom is 0.194 e. The molecule has 0 radical (unpaired) electrons. The zero-order valence-corrected chi connectivity index (χ0v) is 19.3. The fourth-order valence-electron chi connectivity index (χ4n) is 4.13. The van der Waals surface area contributed by atoms with E-state index in [1.807, 2.05) is 20.8 Å². The molecule has 0 aromatic heterocycles. The lowest BCUT2D eigenvalue weighted by Gasteiger charge is -2.42. The van der Waals surface area contributed by atoms with Gasteiger partial charge in [0.15, 0.2) is 15.8 Å².